The quantitative estimate of drug-likeness (QED) is 0.514. The fourth-order valence-electron chi connectivity index (χ4n) is 0.873. The minimum atomic E-state index is -3.82. The number of rotatable bonds is 2. The fourth-order valence-corrected chi connectivity index (χ4v) is 1.60. The Bertz CT molecular complexity index is 268. The summed E-state index contributed by atoms with van der Waals surface area (Å²) in [7, 11) is -3.82. The van der Waals surface area contributed by atoms with Gasteiger partial charge in [0.05, 0.1) is 0 Å². The highest BCUT2D eigenvalue weighted by atomic mass is 31.2. The molecular formula is C7H10O4P+. The van der Waals surface area contributed by atoms with Crippen molar-refractivity contribution in [2.75, 3.05) is 0 Å². The second kappa shape index (κ2) is 3.37. The van der Waals surface area contributed by atoms with E-state index in [0.717, 1.165) is 0 Å². The highest BCUT2D eigenvalue weighted by Crippen LogP contribution is 2.49. The molecule has 1 rings (SSSR count). The lowest BCUT2D eigenvalue weighted by Crippen LogP contribution is -1.93. The van der Waals surface area contributed by atoms with Crippen LogP contribution in [-0.4, -0.2) is 19.8 Å². The smallest absolute Gasteiger partial charge is 0.408 e. The Morgan fingerprint density at radius 3 is 2.17 bits per heavy atom. The number of hydrogen-bond acceptors (Lipinski definition) is 4. The molecule has 4 nitrogen and oxygen atoms in total. The van der Waals surface area contributed by atoms with Crippen LogP contribution in [0.5, 0.6) is 5.75 Å². The van der Waals surface area contributed by atoms with Crippen LogP contribution in [0.1, 0.15) is 5.56 Å². The van der Waals surface area contributed by atoms with Crippen LogP contribution in [0.4, 0.5) is 0 Å². The van der Waals surface area contributed by atoms with Crippen molar-refractivity contribution in [3.8, 4) is 5.75 Å². The first-order valence-corrected chi connectivity index (χ1v) is 5.15. The largest absolute Gasteiger partial charge is 0.508 e. The van der Waals surface area contributed by atoms with E-state index in [-0.39, 0.29) is 11.9 Å². The summed E-state index contributed by atoms with van der Waals surface area (Å²) in [6.07, 6.45) is -0.306. The number of para-hydroxylation sites is 1. The van der Waals surface area contributed by atoms with Gasteiger partial charge in [-0.2, -0.15) is 14.7 Å². The van der Waals surface area contributed by atoms with E-state index in [1.807, 2.05) is 0 Å². The number of phenolic OH excluding ortho intramolecular Hbond substituents is 1. The summed E-state index contributed by atoms with van der Waals surface area (Å²) in [6, 6.07) is 6.20. The second-order valence-electron chi connectivity index (χ2n) is 2.48. The minimum absolute atomic E-state index is 0.0426. The molecule has 0 unspecified atom stereocenters. The first kappa shape index (κ1) is 9.42. The van der Waals surface area contributed by atoms with Crippen LogP contribution in [0.2, 0.25) is 0 Å². The zero-order valence-corrected chi connectivity index (χ0v) is 7.15. The van der Waals surface area contributed by atoms with Crippen molar-refractivity contribution in [2.45, 2.75) is 6.16 Å². The van der Waals surface area contributed by atoms with E-state index < -0.39 is 7.94 Å². The lowest BCUT2D eigenvalue weighted by molar-refractivity contribution is 0.328. The monoisotopic (exact) mass is 189 g/mol. The zero-order valence-electron chi connectivity index (χ0n) is 6.25. The van der Waals surface area contributed by atoms with Gasteiger partial charge in [0, 0.05) is 5.56 Å². The maximum atomic E-state index is 9.16. The van der Waals surface area contributed by atoms with Gasteiger partial charge in [-0.25, -0.2) is 0 Å². The average molecular weight is 189 g/mol. The van der Waals surface area contributed by atoms with Crippen LogP contribution in [0.3, 0.4) is 0 Å². The molecule has 1 aromatic carbocycles. The van der Waals surface area contributed by atoms with Crippen LogP contribution in [0.15, 0.2) is 24.3 Å². The Morgan fingerprint density at radius 1 is 1.08 bits per heavy atom. The zero-order chi connectivity index (χ0) is 9.19. The summed E-state index contributed by atoms with van der Waals surface area (Å²) in [4.78, 5) is 26.1. The Labute approximate surface area is 70.3 Å². The molecule has 0 spiro atoms. The van der Waals surface area contributed by atoms with Crippen molar-refractivity contribution in [2.24, 2.45) is 0 Å². The summed E-state index contributed by atoms with van der Waals surface area (Å²) < 4.78 is 0. The maximum absolute atomic E-state index is 9.16. The van der Waals surface area contributed by atoms with E-state index in [0.29, 0.717) is 5.56 Å². The van der Waals surface area contributed by atoms with Crippen molar-refractivity contribution in [3.05, 3.63) is 29.8 Å². The van der Waals surface area contributed by atoms with Crippen molar-refractivity contribution in [1.29, 1.82) is 0 Å². The molecule has 0 fully saturated rings. The molecule has 0 aliphatic rings. The molecule has 0 heterocycles. The van der Waals surface area contributed by atoms with E-state index in [1.165, 1.54) is 12.1 Å². The number of benzene rings is 1. The molecule has 0 bridgehead atoms. The van der Waals surface area contributed by atoms with E-state index in [4.69, 9.17) is 19.8 Å². The molecule has 0 aliphatic heterocycles. The third-order valence-corrected chi connectivity index (χ3v) is 2.14. The summed E-state index contributed by atoms with van der Waals surface area (Å²) >= 11 is 0. The van der Waals surface area contributed by atoms with Gasteiger partial charge in [0.2, 0.25) is 0 Å². The van der Waals surface area contributed by atoms with Gasteiger partial charge in [-0.05, 0) is 6.07 Å². The normalized spacial score (nSPS) is 11.6. The second-order valence-corrected chi connectivity index (χ2v) is 4.18. The molecule has 4 N–H and O–H groups in total. The predicted octanol–water partition coefficient (Wildman–Crippen LogP) is 0.632. The summed E-state index contributed by atoms with van der Waals surface area (Å²) in [5.41, 5.74) is 0.332. The van der Waals surface area contributed by atoms with E-state index >= 15 is 0 Å². The topological polar surface area (TPSA) is 80.9 Å². The number of hydrogen-bond donors (Lipinski definition) is 4. The highest BCUT2D eigenvalue weighted by Gasteiger charge is 2.31. The van der Waals surface area contributed by atoms with Crippen LogP contribution in [-0.2, 0) is 6.16 Å². The van der Waals surface area contributed by atoms with Gasteiger partial charge in [-0.15, -0.1) is 0 Å². The lowest BCUT2D eigenvalue weighted by Gasteiger charge is -2.04. The molecule has 0 aliphatic carbocycles. The van der Waals surface area contributed by atoms with Crippen LogP contribution in [0, 0.1) is 0 Å². The third kappa shape index (κ3) is 2.75. The molecule has 5 heteroatoms. The molecule has 0 amide bonds. The Hall–Kier alpha value is -0.670. The Morgan fingerprint density at radius 2 is 1.67 bits per heavy atom. The first-order chi connectivity index (χ1) is 5.49. The van der Waals surface area contributed by atoms with Gasteiger partial charge in [0.25, 0.3) is 0 Å². The van der Waals surface area contributed by atoms with Gasteiger partial charge < -0.3 is 5.11 Å². The van der Waals surface area contributed by atoms with E-state index in [9.17, 15) is 0 Å². The van der Waals surface area contributed by atoms with Gasteiger partial charge in [0.1, 0.15) is 5.75 Å². The Kier molecular flexibility index (Phi) is 2.65. The van der Waals surface area contributed by atoms with Crippen molar-refractivity contribution in [1.82, 2.24) is 0 Å². The third-order valence-electron chi connectivity index (χ3n) is 1.37. The van der Waals surface area contributed by atoms with E-state index in [2.05, 4.69) is 0 Å². The number of phenols is 1. The van der Waals surface area contributed by atoms with Gasteiger partial charge >= 0.3 is 7.94 Å². The number of aromatic hydroxyl groups is 1. The van der Waals surface area contributed by atoms with Crippen molar-refractivity contribution in [3.63, 3.8) is 0 Å². The van der Waals surface area contributed by atoms with Crippen LogP contribution >= 0.6 is 7.94 Å². The SMILES string of the molecule is Oc1ccccc1C[P+](O)(O)O. The molecule has 0 aromatic heterocycles. The average Bonchev–Trinajstić information content (AvgIpc) is 1.91. The van der Waals surface area contributed by atoms with Gasteiger partial charge in [-0.1, -0.05) is 18.2 Å². The van der Waals surface area contributed by atoms with Crippen molar-refractivity contribution >= 4 is 7.94 Å². The highest BCUT2D eigenvalue weighted by molar-refractivity contribution is 7.57. The summed E-state index contributed by atoms with van der Waals surface area (Å²) in [5.74, 6) is -0.0426. The predicted molar refractivity (Wildman–Crippen MR) is 45.4 cm³/mol. The van der Waals surface area contributed by atoms with Crippen LogP contribution < -0.4 is 0 Å². The molecule has 0 saturated carbocycles. The van der Waals surface area contributed by atoms with Gasteiger partial charge in [0.15, 0.2) is 6.16 Å². The standard InChI is InChI=1S/C7H9O4P/c8-7-4-2-1-3-6(7)5-12(9,10)11/h1-4,9-11H,5H2/p+1. The molecular weight excluding hydrogens is 179 g/mol. The summed E-state index contributed by atoms with van der Waals surface area (Å²) in [6.45, 7) is 0. The van der Waals surface area contributed by atoms with Crippen LogP contribution in [0.25, 0.3) is 0 Å². The molecule has 0 atom stereocenters. The lowest BCUT2D eigenvalue weighted by atomic mass is 10.2. The minimum Gasteiger partial charge on any atom is -0.508 e. The van der Waals surface area contributed by atoms with Gasteiger partial charge in [-0.3, -0.25) is 0 Å². The maximum Gasteiger partial charge on any atom is 0.408 e. The summed E-state index contributed by atoms with van der Waals surface area (Å²) in [5, 5.41) is 9.16. The molecule has 0 radical (unpaired) electrons. The Balaban J connectivity index is 2.83. The molecule has 1 aromatic rings. The fraction of sp³-hybridized carbons (Fsp3) is 0.143. The van der Waals surface area contributed by atoms with E-state index in [1.54, 1.807) is 12.1 Å². The molecule has 12 heavy (non-hydrogen) atoms. The molecule has 0 saturated heterocycles. The molecule has 66 valence electrons. The first-order valence-electron chi connectivity index (χ1n) is 3.32. The van der Waals surface area contributed by atoms with Crippen molar-refractivity contribution < 1.29 is 19.8 Å².